The summed E-state index contributed by atoms with van der Waals surface area (Å²) in [7, 11) is 4.65. The third kappa shape index (κ3) is 3.73. The van der Waals surface area contributed by atoms with Gasteiger partial charge in [-0.15, -0.1) is 0 Å². The van der Waals surface area contributed by atoms with E-state index in [0.29, 0.717) is 5.69 Å². The molecular formula is C15H15F3N4O2. The molecule has 1 aromatic heterocycles. The Morgan fingerprint density at radius 3 is 2.42 bits per heavy atom. The Morgan fingerprint density at radius 1 is 1.21 bits per heavy atom. The molecule has 1 aromatic carbocycles. The van der Waals surface area contributed by atoms with Gasteiger partial charge in [0.15, 0.2) is 0 Å². The van der Waals surface area contributed by atoms with E-state index in [-0.39, 0.29) is 11.4 Å². The number of aryl methyl sites for hydroxylation is 1. The second-order valence-corrected chi connectivity index (χ2v) is 5.26. The zero-order chi connectivity index (χ0) is 18.1. The summed E-state index contributed by atoms with van der Waals surface area (Å²) < 4.78 is 39.6. The van der Waals surface area contributed by atoms with Crippen LogP contribution in [0.4, 0.5) is 24.5 Å². The summed E-state index contributed by atoms with van der Waals surface area (Å²) >= 11 is 0. The van der Waals surface area contributed by atoms with Gasteiger partial charge in [-0.2, -0.15) is 18.3 Å². The summed E-state index contributed by atoms with van der Waals surface area (Å²) in [6, 6.07) is 5.43. The Labute approximate surface area is 135 Å². The van der Waals surface area contributed by atoms with Crippen LogP contribution in [0, 0.1) is 0 Å². The molecule has 0 unspecified atom stereocenters. The number of alkyl halides is 3. The number of hydrogen-bond donors (Lipinski definition) is 1. The van der Waals surface area contributed by atoms with Crippen LogP contribution in [0.15, 0.2) is 35.1 Å². The minimum atomic E-state index is -4.53. The van der Waals surface area contributed by atoms with Gasteiger partial charge < -0.3 is 10.2 Å². The third-order valence-corrected chi connectivity index (χ3v) is 3.25. The van der Waals surface area contributed by atoms with E-state index in [0.717, 1.165) is 22.9 Å². The van der Waals surface area contributed by atoms with E-state index in [1.54, 1.807) is 19.0 Å². The highest BCUT2D eigenvalue weighted by Crippen LogP contribution is 2.35. The molecule has 1 amide bonds. The number of benzene rings is 1. The van der Waals surface area contributed by atoms with Crippen molar-refractivity contribution in [1.29, 1.82) is 0 Å². The summed E-state index contributed by atoms with van der Waals surface area (Å²) in [5, 5.41) is 6.18. The molecule has 128 valence electrons. The fourth-order valence-electron chi connectivity index (χ4n) is 2.01. The van der Waals surface area contributed by atoms with Crippen molar-refractivity contribution < 1.29 is 18.0 Å². The van der Waals surface area contributed by atoms with Crippen molar-refractivity contribution in [3.8, 4) is 0 Å². The molecule has 2 aromatic rings. The van der Waals surface area contributed by atoms with Crippen LogP contribution in [-0.4, -0.2) is 29.8 Å². The van der Waals surface area contributed by atoms with Crippen molar-refractivity contribution in [2.24, 2.45) is 7.05 Å². The highest BCUT2D eigenvalue weighted by molar-refractivity contribution is 6.04. The summed E-state index contributed by atoms with van der Waals surface area (Å²) in [5.41, 5.74) is -0.965. The van der Waals surface area contributed by atoms with E-state index < -0.39 is 23.2 Å². The molecule has 0 spiro atoms. The average Bonchev–Trinajstić information content (AvgIpc) is 2.48. The molecule has 9 heteroatoms. The number of hydrogen-bond acceptors (Lipinski definition) is 4. The van der Waals surface area contributed by atoms with Crippen molar-refractivity contribution in [3.05, 3.63) is 51.9 Å². The van der Waals surface area contributed by atoms with E-state index in [2.05, 4.69) is 10.4 Å². The lowest BCUT2D eigenvalue weighted by Crippen LogP contribution is -2.24. The number of rotatable bonds is 3. The van der Waals surface area contributed by atoms with Gasteiger partial charge >= 0.3 is 6.18 Å². The second kappa shape index (κ2) is 6.34. The largest absolute Gasteiger partial charge is 0.416 e. The monoisotopic (exact) mass is 340 g/mol. The van der Waals surface area contributed by atoms with Crippen LogP contribution >= 0.6 is 0 Å². The van der Waals surface area contributed by atoms with E-state index >= 15 is 0 Å². The van der Waals surface area contributed by atoms with Crippen molar-refractivity contribution >= 4 is 17.3 Å². The van der Waals surface area contributed by atoms with Crippen LogP contribution in [0.5, 0.6) is 0 Å². The second-order valence-electron chi connectivity index (χ2n) is 5.26. The highest BCUT2D eigenvalue weighted by atomic mass is 19.4. The van der Waals surface area contributed by atoms with Gasteiger partial charge in [-0.3, -0.25) is 9.59 Å². The van der Waals surface area contributed by atoms with Crippen molar-refractivity contribution in [2.45, 2.75) is 6.18 Å². The first-order valence-electron chi connectivity index (χ1n) is 6.84. The Kier molecular flexibility index (Phi) is 4.63. The van der Waals surface area contributed by atoms with Crippen molar-refractivity contribution in [1.82, 2.24) is 9.78 Å². The smallest absolute Gasteiger partial charge is 0.376 e. The minimum Gasteiger partial charge on any atom is -0.376 e. The summed E-state index contributed by atoms with van der Waals surface area (Å²) in [6.45, 7) is 0. The Balaban J connectivity index is 2.40. The van der Waals surface area contributed by atoms with E-state index in [1.165, 1.54) is 19.2 Å². The molecule has 0 atom stereocenters. The quantitative estimate of drug-likeness (QED) is 0.929. The fourth-order valence-corrected chi connectivity index (χ4v) is 2.01. The van der Waals surface area contributed by atoms with Crippen LogP contribution in [-0.2, 0) is 13.2 Å². The summed E-state index contributed by atoms with van der Waals surface area (Å²) in [5.74, 6) is -0.715. The minimum absolute atomic E-state index is 0.00419. The lowest BCUT2D eigenvalue weighted by molar-refractivity contribution is -0.137. The molecule has 0 saturated carbocycles. The van der Waals surface area contributed by atoms with Gasteiger partial charge in [0.2, 0.25) is 0 Å². The first-order valence-corrected chi connectivity index (χ1v) is 6.84. The van der Waals surface area contributed by atoms with Crippen LogP contribution in [0.1, 0.15) is 16.1 Å². The Bertz CT molecular complexity index is 828. The normalized spacial score (nSPS) is 11.2. The Morgan fingerprint density at radius 2 is 1.88 bits per heavy atom. The maximum atomic E-state index is 12.9. The molecular weight excluding hydrogens is 325 g/mol. The van der Waals surface area contributed by atoms with Gasteiger partial charge in [0, 0.05) is 27.2 Å². The molecule has 0 aliphatic rings. The predicted molar refractivity (Wildman–Crippen MR) is 83.2 cm³/mol. The standard InChI is InChI=1S/C15H15F3N4O2/c1-21(2)12-6-4-9(15(16,17)18)8-11(12)19-14(24)10-5-7-13(23)22(3)20-10/h4-8H,1-3H3,(H,19,24). The molecule has 24 heavy (non-hydrogen) atoms. The highest BCUT2D eigenvalue weighted by Gasteiger charge is 2.31. The lowest BCUT2D eigenvalue weighted by Gasteiger charge is -2.19. The van der Waals surface area contributed by atoms with Gasteiger partial charge in [0.25, 0.3) is 11.5 Å². The maximum absolute atomic E-state index is 12.9. The third-order valence-electron chi connectivity index (χ3n) is 3.25. The van der Waals surface area contributed by atoms with E-state index in [9.17, 15) is 22.8 Å². The average molecular weight is 340 g/mol. The number of carbonyl (C=O) groups is 1. The first-order chi connectivity index (χ1) is 11.1. The van der Waals surface area contributed by atoms with Crippen LogP contribution in [0.25, 0.3) is 0 Å². The van der Waals surface area contributed by atoms with Crippen LogP contribution < -0.4 is 15.8 Å². The molecule has 0 radical (unpaired) electrons. The summed E-state index contributed by atoms with van der Waals surface area (Å²) in [6.07, 6.45) is -4.53. The lowest BCUT2D eigenvalue weighted by atomic mass is 10.1. The van der Waals surface area contributed by atoms with Crippen LogP contribution in [0.2, 0.25) is 0 Å². The molecule has 1 heterocycles. The zero-order valence-corrected chi connectivity index (χ0v) is 13.2. The molecule has 0 saturated heterocycles. The predicted octanol–water partition coefficient (Wildman–Crippen LogP) is 2.12. The number of nitrogens with one attached hydrogen (secondary N) is 1. The van der Waals surface area contributed by atoms with E-state index in [1.807, 2.05) is 0 Å². The number of amides is 1. The number of halogens is 3. The Hall–Kier alpha value is -2.84. The summed E-state index contributed by atoms with van der Waals surface area (Å²) in [4.78, 5) is 25.1. The number of anilines is 2. The fraction of sp³-hybridized carbons (Fsp3) is 0.267. The van der Waals surface area contributed by atoms with Crippen molar-refractivity contribution in [2.75, 3.05) is 24.3 Å². The van der Waals surface area contributed by atoms with Gasteiger partial charge in [-0.1, -0.05) is 0 Å². The van der Waals surface area contributed by atoms with Gasteiger partial charge in [-0.05, 0) is 24.3 Å². The molecule has 0 aliphatic heterocycles. The topological polar surface area (TPSA) is 67.2 Å². The molecule has 0 bridgehead atoms. The van der Waals surface area contributed by atoms with E-state index in [4.69, 9.17) is 0 Å². The number of nitrogens with zero attached hydrogens (tertiary/aromatic N) is 3. The van der Waals surface area contributed by atoms with Gasteiger partial charge in [0.1, 0.15) is 5.69 Å². The number of carbonyl (C=O) groups excluding carboxylic acids is 1. The molecule has 1 N–H and O–H groups in total. The van der Waals surface area contributed by atoms with Crippen molar-refractivity contribution in [3.63, 3.8) is 0 Å². The first kappa shape index (κ1) is 17.5. The maximum Gasteiger partial charge on any atom is 0.416 e. The van der Waals surface area contributed by atoms with Gasteiger partial charge in [0.05, 0.1) is 16.9 Å². The molecule has 0 fully saturated rings. The zero-order valence-electron chi connectivity index (χ0n) is 13.2. The molecule has 2 rings (SSSR count). The van der Waals surface area contributed by atoms with Gasteiger partial charge in [-0.25, -0.2) is 4.68 Å². The number of aromatic nitrogens is 2. The molecule has 0 aliphatic carbocycles. The molecule has 6 nitrogen and oxygen atoms in total. The van der Waals surface area contributed by atoms with Crippen LogP contribution in [0.3, 0.4) is 0 Å². The SMILES string of the molecule is CN(C)c1ccc(C(F)(F)F)cc1NC(=O)c1ccc(=O)n(C)n1.